The molecule has 0 fully saturated rings. The Labute approximate surface area is 69.9 Å². The van der Waals surface area contributed by atoms with Crippen LogP contribution in [0.15, 0.2) is 23.7 Å². The van der Waals surface area contributed by atoms with Gasteiger partial charge < -0.3 is 9.47 Å². The molecule has 0 saturated carbocycles. The molecule has 0 N–H and O–H groups in total. The number of hydrogen-bond acceptors (Lipinski definition) is 4. The van der Waals surface area contributed by atoms with Crippen molar-refractivity contribution in [2.24, 2.45) is 0 Å². The first-order valence-electron chi connectivity index (χ1n) is 3.38. The van der Waals surface area contributed by atoms with Crippen LogP contribution in [0, 0.1) is 23.0 Å². The summed E-state index contributed by atoms with van der Waals surface area (Å²) in [5.41, 5.74) is 0. The molecule has 1 aliphatic carbocycles. The average molecular weight is 162 g/mol. The molecule has 0 unspecified atom stereocenters. The summed E-state index contributed by atoms with van der Waals surface area (Å²) in [6, 6.07) is 0. The van der Waals surface area contributed by atoms with E-state index in [1.54, 1.807) is 24.7 Å². The Morgan fingerprint density at radius 1 is 1.00 bits per heavy atom. The van der Waals surface area contributed by atoms with Crippen molar-refractivity contribution in [1.29, 1.82) is 10.5 Å². The van der Waals surface area contributed by atoms with E-state index in [-0.39, 0.29) is 0 Å². The van der Waals surface area contributed by atoms with Crippen LogP contribution in [0.4, 0.5) is 0 Å². The fraction of sp³-hybridized carbons (Fsp3) is 0.250. The van der Waals surface area contributed by atoms with Gasteiger partial charge in [-0.15, -0.1) is 10.5 Å². The van der Waals surface area contributed by atoms with E-state index in [0.717, 1.165) is 0 Å². The summed E-state index contributed by atoms with van der Waals surface area (Å²) < 4.78 is 9.19. The van der Waals surface area contributed by atoms with Gasteiger partial charge in [-0.25, -0.2) is 0 Å². The van der Waals surface area contributed by atoms with Crippen molar-refractivity contribution in [3.63, 3.8) is 0 Å². The third kappa shape index (κ3) is 2.03. The molecule has 12 heavy (non-hydrogen) atoms. The minimum Gasteiger partial charge on any atom is -0.393 e. The van der Waals surface area contributed by atoms with Crippen molar-refractivity contribution in [1.82, 2.24) is 0 Å². The molecule has 0 aromatic rings. The van der Waals surface area contributed by atoms with Gasteiger partial charge >= 0.3 is 0 Å². The highest BCUT2D eigenvalue weighted by Gasteiger charge is 2.07. The number of hydrogen-bond donors (Lipinski definition) is 0. The molecule has 0 amide bonds. The predicted octanol–water partition coefficient (Wildman–Crippen LogP) is 1.54. The van der Waals surface area contributed by atoms with Crippen molar-refractivity contribution >= 4 is 0 Å². The van der Waals surface area contributed by atoms with E-state index in [9.17, 15) is 0 Å². The van der Waals surface area contributed by atoms with Gasteiger partial charge in [0.05, 0.1) is 0 Å². The zero-order valence-electron chi connectivity index (χ0n) is 6.28. The summed E-state index contributed by atoms with van der Waals surface area (Å²) >= 11 is 0. The minimum absolute atomic E-state index is 0.598. The molecule has 4 nitrogen and oxygen atoms in total. The van der Waals surface area contributed by atoms with Crippen LogP contribution in [-0.4, -0.2) is 0 Å². The fourth-order valence-electron chi connectivity index (χ4n) is 0.886. The average Bonchev–Trinajstić information content (AvgIpc) is 2.09. The molecule has 0 aliphatic heterocycles. The standard InChI is InChI=1S/C8H6N2O2/c9-5-11-7-1-2-8(4-3-7)12-6-10/h1-2H,3-4H2. The molecule has 0 saturated heterocycles. The number of allylic oxidation sites excluding steroid dienone is 4. The summed E-state index contributed by atoms with van der Waals surface area (Å²) in [7, 11) is 0. The second kappa shape index (κ2) is 4.05. The van der Waals surface area contributed by atoms with Crippen LogP contribution in [0.1, 0.15) is 12.8 Å². The zero-order chi connectivity index (χ0) is 8.81. The van der Waals surface area contributed by atoms with Gasteiger partial charge in [-0.1, -0.05) is 0 Å². The van der Waals surface area contributed by atoms with Crippen molar-refractivity contribution < 1.29 is 9.47 Å². The Kier molecular flexibility index (Phi) is 2.75. The van der Waals surface area contributed by atoms with Crippen LogP contribution in [0.5, 0.6) is 0 Å². The Morgan fingerprint density at radius 2 is 1.42 bits per heavy atom. The first kappa shape index (κ1) is 8.16. The molecule has 0 atom stereocenters. The van der Waals surface area contributed by atoms with Crippen LogP contribution in [0.25, 0.3) is 0 Å². The Morgan fingerprint density at radius 3 is 1.67 bits per heavy atom. The van der Waals surface area contributed by atoms with E-state index in [1.165, 1.54) is 0 Å². The highest BCUT2D eigenvalue weighted by molar-refractivity contribution is 5.18. The van der Waals surface area contributed by atoms with Crippen molar-refractivity contribution in [3.05, 3.63) is 23.7 Å². The molecule has 0 aromatic carbocycles. The topological polar surface area (TPSA) is 66.0 Å². The number of ether oxygens (including phenoxy) is 2. The van der Waals surface area contributed by atoms with Gasteiger partial charge in [-0.3, -0.25) is 0 Å². The molecule has 1 aliphatic rings. The Balaban J connectivity index is 2.56. The van der Waals surface area contributed by atoms with E-state index < -0.39 is 0 Å². The summed E-state index contributed by atoms with van der Waals surface area (Å²) in [6.45, 7) is 0. The maximum Gasteiger partial charge on any atom is 0.291 e. The molecule has 60 valence electrons. The first-order chi connectivity index (χ1) is 5.86. The van der Waals surface area contributed by atoms with E-state index in [2.05, 4.69) is 9.47 Å². The molecule has 4 heteroatoms. The molecule has 0 aromatic heterocycles. The predicted molar refractivity (Wildman–Crippen MR) is 38.8 cm³/mol. The van der Waals surface area contributed by atoms with Crippen molar-refractivity contribution in [3.8, 4) is 12.5 Å². The molecule has 0 spiro atoms. The van der Waals surface area contributed by atoms with Crippen LogP contribution in [0.3, 0.4) is 0 Å². The van der Waals surface area contributed by atoms with E-state index in [4.69, 9.17) is 10.5 Å². The lowest BCUT2D eigenvalue weighted by molar-refractivity contribution is 0.316. The normalized spacial score (nSPS) is 14.8. The number of rotatable bonds is 2. The third-order valence-electron chi connectivity index (χ3n) is 1.43. The summed E-state index contributed by atoms with van der Waals surface area (Å²) in [5.74, 6) is 1.20. The second-order valence-corrected chi connectivity index (χ2v) is 2.15. The van der Waals surface area contributed by atoms with E-state index in [1.807, 2.05) is 0 Å². The van der Waals surface area contributed by atoms with Gasteiger partial charge in [-0.05, 0) is 12.2 Å². The SMILES string of the molecule is N#COC1=CC=C(OC#N)CC1. The molecule has 1 rings (SSSR count). The zero-order valence-corrected chi connectivity index (χ0v) is 6.28. The second-order valence-electron chi connectivity index (χ2n) is 2.15. The van der Waals surface area contributed by atoms with Gasteiger partial charge in [0.2, 0.25) is 0 Å². The lowest BCUT2D eigenvalue weighted by Crippen LogP contribution is -1.96. The van der Waals surface area contributed by atoms with Gasteiger partial charge in [0.15, 0.2) is 0 Å². The number of nitrogens with zero attached hydrogens (tertiary/aromatic N) is 2. The monoisotopic (exact) mass is 162 g/mol. The first-order valence-corrected chi connectivity index (χ1v) is 3.38. The summed E-state index contributed by atoms with van der Waals surface area (Å²) in [5, 5.41) is 16.3. The van der Waals surface area contributed by atoms with Gasteiger partial charge in [-0.2, -0.15) is 0 Å². The highest BCUT2D eigenvalue weighted by atomic mass is 16.5. The lowest BCUT2D eigenvalue weighted by Gasteiger charge is -2.08. The highest BCUT2D eigenvalue weighted by Crippen LogP contribution is 2.19. The maximum absolute atomic E-state index is 8.17. The van der Waals surface area contributed by atoms with Crippen LogP contribution in [-0.2, 0) is 9.47 Å². The van der Waals surface area contributed by atoms with Crippen molar-refractivity contribution in [2.45, 2.75) is 12.8 Å². The quantitative estimate of drug-likeness (QED) is 0.577. The Bertz CT molecular complexity index is 272. The van der Waals surface area contributed by atoms with Gasteiger partial charge in [0.25, 0.3) is 12.5 Å². The van der Waals surface area contributed by atoms with Crippen LogP contribution in [0.2, 0.25) is 0 Å². The van der Waals surface area contributed by atoms with E-state index >= 15 is 0 Å². The number of nitriles is 2. The Hall–Kier alpha value is -1.94. The lowest BCUT2D eigenvalue weighted by atomic mass is 10.1. The molecular weight excluding hydrogens is 156 g/mol. The molecule has 0 radical (unpaired) electrons. The van der Waals surface area contributed by atoms with Crippen molar-refractivity contribution in [2.75, 3.05) is 0 Å². The molecular formula is C8H6N2O2. The summed E-state index contributed by atoms with van der Waals surface area (Å²) in [4.78, 5) is 0. The summed E-state index contributed by atoms with van der Waals surface area (Å²) in [6.07, 6.45) is 7.61. The largest absolute Gasteiger partial charge is 0.393 e. The third-order valence-corrected chi connectivity index (χ3v) is 1.43. The minimum atomic E-state index is 0.598. The van der Waals surface area contributed by atoms with Gasteiger partial charge in [0.1, 0.15) is 11.5 Å². The van der Waals surface area contributed by atoms with Crippen LogP contribution >= 0.6 is 0 Å². The van der Waals surface area contributed by atoms with Crippen LogP contribution < -0.4 is 0 Å². The molecule has 0 heterocycles. The smallest absolute Gasteiger partial charge is 0.291 e. The maximum atomic E-state index is 8.17. The van der Waals surface area contributed by atoms with Gasteiger partial charge in [0, 0.05) is 12.8 Å². The fourth-order valence-corrected chi connectivity index (χ4v) is 0.886. The van der Waals surface area contributed by atoms with E-state index in [0.29, 0.717) is 24.4 Å². The molecule has 0 bridgehead atoms.